The van der Waals surface area contributed by atoms with Crippen molar-refractivity contribution in [3.63, 3.8) is 0 Å². The molecule has 0 aliphatic heterocycles. The van der Waals surface area contributed by atoms with E-state index in [4.69, 9.17) is 0 Å². The molecule has 10 heteroatoms. The van der Waals surface area contributed by atoms with E-state index in [-0.39, 0.29) is 23.5 Å². The molecule has 0 saturated heterocycles. The number of hydrogen-bond acceptors (Lipinski definition) is 4. The number of nitrogens with zero attached hydrogens (tertiary/aromatic N) is 4. The number of fused-ring (bicyclic) bond motifs is 1. The third-order valence-corrected chi connectivity index (χ3v) is 4.21. The lowest BCUT2D eigenvalue weighted by molar-refractivity contribution is -0.159. The zero-order valence-corrected chi connectivity index (χ0v) is 14.3. The summed E-state index contributed by atoms with van der Waals surface area (Å²) in [7, 11) is 0. The molecule has 2 heterocycles. The number of aromatic nitrogens is 4. The molecule has 0 unspecified atom stereocenters. The topological polar surface area (TPSA) is 56.7 Å². The second-order valence-corrected chi connectivity index (χ2v) is 6.11. The fourth-order valence-electron chi connectivity index (χ4n) is 2.86. The largest absolute Gasteiger partial charge is 0.471 e. The van der Waals surface area contributed by atoms with Gasteiger partial charge < -0.3 is 9.09 Å². The molecular formula is C18H11F5N4O. The monoisotopic (exact) mass is 394 g/mol. The van der Waals surface area contributed by atoms with Crippen molar-refractivity contribution in [2.24, 2.45) is 0 Å². The van der Waals surface area contributed by atoms with Crippen LogP contribution < -0.4 is 0 Å². The predicted molar refractivity (Wildman–Crippen MR) is 88.2 cm³/mol. The van der Waals surface area contributed by atoms with Gasteiger partial charge in [0.15, 0.2) is 0 Å². The van der Waals surface area contributed by atoms with E-state index in [0.29, 0.717) is 16.9 Å². The van der Waals surface area contributed by atoms with Crippen LogP contribution in [0.4, 0.5) is 22.0 Å². The summed E-state index contributed by atoms with van der Waals surface area (Å²) in [4.78, 5) is 7.49. The third-order valence-electron chi connectivity index (χ3n) is 4.21. The van der Waals surface area contributed by atoms with Crippen molar-refractivity contribution in [2.45, 2.75) is 19.6 Å². The van der Waals surface area contributed by atoms with Gasteiger partial charge in [-0.2, -0.15) is 18.2 Å². The standard InChI is InChI=1S/C18H11F5N4O/c1-9-24-14-7-12(19)4-5-15(14)27(9)8-11-3-2-10(6-13(11)20)16-25-17(28-26-16)18(21,22)23/h2-7H,8H2,1H3. The number of alkyl halides is 3. The summed E-state index contributed by atoms with van der Waals surface area (Å²) in [6, 6.07) is 7.98. The SMILES string of the molecule is Cc1nc2cc(F)ccc2n1Cc1ccc(-c2noc(C(F)(F)F)n2)cc1F. The molecule has 2 aromatic heterocycles. The maximum Gasteiger partial charge on any atom is 0.471 e. The molecule has 0 aliphatic carbocycles. The second-order valence-electron chi connectivity index (χ2n) is 6.11. The van der Waals surface area contributed by atoms with E-state index in [1.807, 2.05) is 0 Å². The summed E-state index contributed by atoms with van der Waals surface area (Å²) in [6.45, 7) is 1.82. The maximum atomic E-state index is 14.6. The Labute approximate surface area is 154 Å². The average Bonchev–Trinajstić information content (AvgIpc) is 3.21. The van der Waals surface area contributed by atoms with Gasteiger partial charge in [-0.15, -0.1) is 0 Å². The Hall–Kier alpha value is -3.30. The number of rotatable bonds is 3. The van der Waals surface area contributed by atoms with Crippen LogP contribution in [0.1, 0.15) is 17.3 Å². The quantitative estimate of drug-likeness (QED) is 0.471. The molecule has 0 atom stereocenters. The smallest absolute Gasteiger partial charge is 0.329 e. The van der Waals surface area contributed by atoms with Crippen molar-refractivity contribution in [2.75, 3.05) is 0 Å². The highest BCUT2D eigenvalue weighted by Gasteiger charge is 2.38. The van der Waals surface area contributed by atoms with Crippen LogP contribution in [0.5, 0.6) is 0 Å². The Morgan fingerprint density at radius 2 is 1.82 bits per heavy atom. The lowest BCUT2D eigenvalue weighted by Crippen LogP contribution is -2.05. The Bertz CT molecular complexity index is 1180. The molecule has 0 saturated carbocycles. The molecule has 4 aromatic rings. The first-order valence-electron chi connectivity index (χ1n) is 8.04. The van der Waals surface area contributed by atoms with Crippen molar-refractivity contribution in [3.8, 4) is 11.4 Å². The van der Waals surface area contributed by atoms with Crippen LogP contribution in [0, 0.1) is 18.6 Å². The van der Waals surface area contributed by atoms with E-state index in [2.05, 4.69) is 19.6 Å². The van der Waals surface area contributed by atoms with Gasteiger partial charge in [0.05, 0.1) is 17.6 Å². The van der Waals surface area contributed by atoms with Gasteiger partial charge in [0, 0.05) is 17.2 Å². The molecule has 0 amide bonds. The summed E-state index contributed by atoms with van der Waals surface area (Å²) in [5.41, 5.74) is 1.40. The fraction of sp³-hybridized carbons (Fsp3) is 0.167. The molecule has 144 valence electrons. The van der Waals surface area contributed by atoms with Gasteiger partial charge in [0.2, 0.25) is 5.82 Å². The number of halogens is 5. The van der Waals surface area contributed by atoms with E-state index >= 15 is 0 Å². The van der Waals surface area contributed by atoms with Gasteiger partial charge in [-0.05, 0) is 25.1 Å². The normalized spacial score (nSPS) is 12.1. The first-order valence-corrected chi connectivity index (χ1v) is 8.04. The zero-order valence-electron chi connectivity index (χ0n) is 14.3. The van der Waals surface area contributed by atoms with Gasteiger partial charge in [-0.3, -0.25) is 0 Å². The van der Waals surface area contributed by atoms with Crippen LogP contribution in [0.25, 0.3) is 22.4 Å². The minimum atomic E-state index is -4.77. The van der Waals surface area contributed by atoms with Crippen LogP contribution in [0.15, 0.2) is 40.9 Å². The molecule has 4 rings (SSSR count). The fourth-order valence-corrected chi connectivity index (χ4v) is 2.86. The lowest BCUT2D eigenvalue weighted by Gasteiger charge is -2.09. The van der Waals surface area contributed by atoms with Crippen molar-refractivity contribution in [1.82, 2.24) is 19.7 Å². The first kappa shape index (κ1) is 18.1. The van der Waals surface area contributed by atoms with E-state index in [0.717, 1.165) is 6.07 Å². The lowest BCUT2D eigenvalue weighted by atomic mass is 10.1. The third kappa shape index (κ3) is 3.21. The van der Waals surface area contributed by atoms with Gasteiger partial charge in [0.25, 0.3) is 0 Å². The zero-order chi connectivity index (χ0) is 20.1. The minimum absolute atomic E-state index is 0.0507. The molecule has 0 bridgehead atoms. The number of hydrogen-bond donors (Lipinski definition) is 0. The Morgan fingerprint density at radius 3 is 2.50 bits per heavy atom. The number of aryl methyl sites for hydroxylation is 1. The molecule has 5 nitrogen and oxygen atoms in total. The predicted octanol–water partition coefficient (Wildman–Crippen LogP) is 4.74. The van der Waals surface area contributed by atoms with Gasteiger partial charge in [-0.1, -0.05) is 17.3 Å². The van der Waals surface area contributed by atoms with Crippen molar-refractivity contribution in [1.29, 1.82) is 0 Å². The molecular weight excluding hydrogens is 383 g/mol. The summed E-state index contributed by atoms with van der Waals surface area (Å²) in [5.74, 6) is -2.38. The summed E-state index contributed by atoms with van der Waals surface area (Å²) >= 11 is 0. The van der Waals surface area contributed by atoms with E-state index in [9.17, 15) is 22.0 Å². The average molecular weight is 394 g/mol. The van der Waals surface area contributed by atoms with Crippen LogP contribution in [0.2, 0.25) is 0 Å². The molecule has 0 aliphatic rings. The van der Waals surface area contributed by atoms with Crippen molar-refractivity contribution >= 4 is 11.0 Å². The highest BCUT2D eigenvalue weighted by Crippen LogP contribution is 2.30. The van der Waals surface area contributed by atoms with Crippen molar-refractivity contribution < 1.29 is 26.5 Å². The van der Waals surface area contributed by atoms with Crippen LogP contribution in [-0.4, -0.2) is 19.7 Å². The molecule has 28 heavy (non-hydrogen) atoms. The molecule has 0 spiro atoms. The van der Waals surface area contributed by atoms with Gasteiger partial charge in [0.1, 0.15) is 17.5 Å². The van der Waals surface area contributed by atoms with E-state index in [1.165, 1.54) is 24.3 Å². The van der Waals surface area contributed by atoms with Gasteiger partial charge in [-0.25, -0.2) is 13.8 Å². The van der Waals surface area contributed by atoms with E-state index in [1.54, 1.807) is 17.6 Å². The number of imidazole rings is 1. The van der Waals surface area contributed by atoms with Gasteiger partial charge >= 0.3 is 12.1 Å². The molecule has 2 aromatic carbocycles. The van der Waals surface area contributed by atoms with Crippen molar-refractivity contribution in [3.05, 3.63) is 65.3 Å². The highest BCUT2D eigenvalue weighted by molar-refractivity contribution is 5.76. The van der Waals surface area contributed by atoms with Crippen LogP contribution >= 0.6 is 0 Å². The summed E-state index contributed by atoms with van der Waals surface area (Å²) in [5, 5.41) is 3.24. The Balaban J connectivity index is 1.66. The second kappa shape index (κ2) is 6.39. The molecule has 0 N–H and O–H groups in total. The van der Waals surface area contributed by atoms with Crippen LogP contribution in [-0.2, 0) is 12.7 Å². The molecule has 0 fully saturated rings. The number of benzene rings is 2. The summed E-state index contributed by atoms with van der Waals surface area (Å²) in [6.07, 6.45) is -4.77. The van der Waals surface area contributed by atoms with E-state index < -0.39 is 23.7 Å². The maximum absolute atomic E-state index is 14.6. The minimum Gasteiger partial charge on any atom is -0.329 e. The Morgan fingerprint density at radius 1 is 1.04 bits per heavy atom. The Kier molecular flexibility index (Phi) is 4.13. The highest BCUT2D eigenvalue weighted by atomic mass is 19.4. The molecule has 0 radical (unpaired) electrons. The van der Waals surface area contributed by atoms with Crippen LogP contribution in [0.3, 0.4) is 0 Å². The summed E-state index contributed by atoms with van der Waals surface area (Å²) < 4.78 is 71.5. The first-order chi connectivity index (χ1) is 13.2.